The molecule has 0 unspecified atom stereocenters. The van der Waals surface area contributed by atoms with E-state index in [9.17, 15) is 0 Å². The highest BCUT2D eigenvalue weighted by Gasteiger charge is 1.86. The van der Waals surface area contributed by atoms with Gasteiger partial charge in [0, 0.05) is 0 Å². The van der Waals surface area contributed by atoms with Crippen LogP contribution in [0.5, 0.6) is 0 Å². The fourth-order valence-corrected chi connectivity index (χ4v) is 0.349. The van der Waals surface area contributed by atoms with Gasteiger partial charge in [-0.3, -0.25) is 7.05 Å². The van der Waals surface area contributed by atoms with Crippen LogP contribution in [0.4, 0.5) is 0 Å². The maximum atomic E-state index is 3.73. The number of nitrogens with zero attached hydrogens (tertiary/aromatic N) is 1. The van der Waals surface area contributed by atoms with Crippen LogP contribution >= 0.6 is 0 Å². The van der Waals surface area contributed by atoms with Crippen molar-refractivity contribution in [1.29, 1.82) is 0 Å². The van der Waals surface area contributed by atoms with Gasteiger partial charge in [-0.05, 0) is 18.9 Å². The lowest BCUT2D eigenvalue weighted by Gasteiger charge is -2.03. The number of rotatable bonds is 3. The average molecular weight is 99.2 g/mol. The summed E-state index contributed by atoms with van der Waals surface area (Å²) in [4.78, 5) is 0. The van der Waals surface area contributed by atoms with Gasteiger partial charge in [0.2, 0.25) is 0 Å². The van der Waals surface area contributed by atoms with Crippen molar-refractivity contribution in [3.05, 3.63) is 7.05 Å². The Morgan fingerprint density at radius 3 is 2.29 bits per heavy atom. The molecule has 1 radical (unpaired) electrons. The molecule has 0 aliphatic rings. The molecule has 0 aromatic carbocycles. The standard InChI is InChI=1S/C6H13N/c1-6(2)4-5-7-3/h6H,3-5H2,1-2H3/q-1. The van der Waals surface area contributed by atoms with Gasteiger partial charge in [0.05, 0.1) is 0 Å². The fraction of sp³-hybridized carbons (Fsp3) is 0.833. The number of hydrogen-bond acceptors (Lipinski definition) is 0. The summed E-state index contributed by atoms with van der Waals surface area (Å²) in [6, 6.07) is 0. The highest BCUT2D eigenvalue weighted by molar-refractivity contribution is 4.46. The lowest BCUT2D eigenvalue weighted by molar-refractivity contribution is 0.567. The molecule has 0 aromatic heterocycles. The van der Waals surface area contributed by atoms with E-state index in [0.29, 0.717) is 0 Å². The average Bonchev–Trinajstić information content (AvgIpc) is 1.61. The SMILES string of the molecule is [CH2-][N]CCC(C)C. The molecule has 0 atom stereocenters. The molecule has 0 saturated heterocycles. The van der Waals surface area contributed by atoms with Gasteiger partial charge >= 0.3 is 0 Å². The minimum atomic E-state index is 0.769. The second-order valence-corrected chi connectivity index (χ2v) is 2.13. The first-order valence-electron chi connectivity index (χ1n) is 2.70. The Balaban J connectivity index is 2.68. The molecule has 43 valence electrons. The van der Waals surface area contributed by atoms with Crippen molar-refractivity contribution in [3.8, 4) is 0 Å². The van der Waals surface area contributed by atoms with E-state index in [4.69, 9.17) is 0 Å². The molecular weight excluding hydrogens is 86.1 g/mol. The molecule has 0 bridgehead atoms. The zero-order valence-electron chi connectivity index (χ0n) is 5.15. The quantitative estimate of drug-likeness (QED) is 0.475. The van der Waals surface area contributed by atoms with Crippen molar-refractivity contribution in [3.63, 3.8) is 0 Å². The molecule has 1 nitrogen and oxygen atoms in total. The third-order valence-electron chi connectivity index (χ3n) is 0.865. The first-order valence-corrected chi connectivity index (χ1v) is 2.70. The maximum Gasteiger partial charge on any atom is -0.0201 e. The first kappa shape index (κ1) is 6.96. The van der Waals surface area contributed by atoms with E-state index >= 15 is 0 Å². The summed E-state index contributed by atoms with van der Waals surface area (Å²) in [5, 5.41) is 3.73. The first-order chi connectivity index (χ1) is 3.27. The second kappa shape index (κ2) is 4.13. The van der Waals surface area contributed by atoms with E-state index in [1.54, 1.807) is 0 Å². The third kappa shape index (κ3) is 5.96. The number of hydrogen-bond donors (Lipinski definition) is 0. The Labute approximate surface area is 46.1 Å². The summed E-state index contributed by atoms with van der Waals surface area (Å²) in [5.74, 6) is 0.769. The largest absolute Gasteiger partial charge is 0.424 e. The van der Waals surface area contributed by atoms with Crippen LogP contribution in [-0.4, -0.2) is 6.54 Å². The maximum absolute atomic E-state index is 3.73. The van der Waals surface area contributed by atoms with E-state index in [1.807, 2.05) is 0 Å². The molecule has 0 N–H and O–H groups in total. The van der Waals surface area contributed by atoms with Crippen LogP contribution in [-0.2, 0) is 0 Å². The van der Waals surface area contributed by atoms with Gasteiger partial charge in [-0.15, -0.1) is 0 Å². The molecule has 0 heterocycles. The van der Waals surface area contributed by atoms with Crippen LogP contribution in [0.3, 0.4) is 0 Å². The monoisotopic (exact) mass is 99.1 g/mol. The van der Waals surface area contributed by atoms with Crippen LogP contribution in [0.1, 0.15) is 20.3 Å². The summed E-state index contributed by atoms with van der Waals surface area (Å²) >= 11 is 0. The van der Waals surface area contributed by atoms with E-state index in [2.05, 4.69) is 26.2 Å². The van der Waals surface area contributed by atoms with Crippen molar-refractivity contribution >= 4 is 0 Å². The minimum Gasteiger partial charge on any atom is -0.424 e. The zero-order valence-corrected chi connectivity index (χ0v) is 5.15. The molecule has 0 fully saturated rings. The van der Waals surface area contributed by atoms with Gasteiger partial charge < -0.3 is 5.32 Å². The Kier molecular flexibility index (Phi) is 4.10. The second-order valence-electron chi connectivity index (χ2n) is 2.13. The summed E-state index contributed by atoms with van der Waals surface area (Å²) in [5.41, 5.74) is 0. The molecule has 0 aliphatic carbocycles. The Morgan fingerprint density at radius 2 is 2.14 bits per heavy atom. The summed E-state index contributed by atoms with van der Waals surface area (Å²) in [6.45, 7) is 5.29. The molecule has 0 amide bonds. The van der Waals surface area contributed by atoms with Crippen molar-refractivity contribution in [2.24, 2.45) is 5.92 Å². The van der Waals surface area contributed by atoms with Gasteiger partial charge in [0.1, 0.15) is 0 Å². The van der Waals surface area contributed by atoms with Crippen LogP contribution in [0.25, 0.3) is 0 Å². The molecular formula is C6H13N-. The van der Waals surface area contributed by atoms with E-state index in [-0.39, 0.29) is 0 Å². The summed E-state index contributed by atoms with van der Waals surface area (Å²) < 4.78 is 0. The summed E-state index contributed by atoms with van der Waals surface area (Å²) in [6.07, 6.45) is 1.17. The molecule has 7 heavy (non-hydrogen) atoms. The highest BCUT2D eigenvalue weighted by Crippen LogP contribution is 1.95. The predicted molar refractivity (Wildman–Crippen MR) is 31.8 cm³/mol. The van der Waals surface area contributed by atoms with Gasteiger partial charge in [0.15, 0.2) is 0 Å². The topological polar surface area (TPSA) is 14.1 Å². The van der Waals surface area contributed by atoms with Crippen LogP contribution in [0, 0.1) is 13.0 Å². The van der Waals surface area contributed by atoms with E-state index in [1.165, 1.54) is 6.42 Å². The lowest BCUT2D eigenvalue weighted by atomic mass is 10.1. The molecule has 0 aromatic rings. The third-order valence-corrected chi connectivity index (χ3v) is 0.865. The Morgan fingerprint density at radius 1 is 1.57 bits per heavy atom. The van der Waals surface area contributed by atoms with E-state index in [0.717, 1.165) is 12.5 Å². The van der Waals surface area contributed by atoms with Crippen molar-refractivity contribution < 1.29 is 0 Å². The molecule has 0 aliphatic heterocycles. The Bertz CT molecular complexity index is 33.2. The highest BCUT2D eigenvalue weighted by atomic mass is 14.8. The summed E-state index contributed by atoms with van der Waals surface area (Å²) in [7, 11) is 3.38. The van der Waals surface area contributed by atoms with Gasteiger partial charge in [0.25, 0.3) is 0 Å². The van der Waals surface area contributed by atoms with Crippen molar-refractivity contribution in [1.82, 2.24) is 5.32 Å². The molecule has 1 heteroatoms. The normalized spacial score (nSPS) is 10.3. The van der Waals surface area contributed by atoms with Gasteiger partial charge in [-0.1, -0.05) is 13.8 Å². The van der Waals surface area contributed by atoms with Crippen LogP contribution in [0.2, 0.25) is 0 Å². The van der Waals surface area contributed by atoms with Gasteiger partial charge in [-0.2, -0.15) is 0 Å². The van der Waals surface area contributed by atoms with Crippen LogP contribution < -0.4 is 5.32 Å². The smallest absolute Gasteiger partial charge is 0.0201 e. The fourth-order valence-electron chi connectivity index (χ4n) is 0.349. The van der Waals surface area contributed by atoms with E-state index < -0.39 is 0 Å². The zero-order chi connectivity index (χ0) is 5.70. The molecule has 0 spiro atoms. The Hall–Kier alpha value is -0.0400. The molecule has 0 rings (SSSR count). The van der Waals surface area contributed by atoms with Crippen molar-refractivity contribution in [2.45, 2.75) is 20.3 Å². The van der Waals surface area contributed by atoms with Crippen molar-refractivity contribution in [2.75, 3.05) is 6.54 Å². The van der Waals surface area contributed by atoms with Gasteiger partial charge in [-0.25, -0.2) is 0 Å². The van der Waals surface area contributed by atoms with Crippen LogP contribution in [0.15, 0.2) is 0 Å². The molecule has 0 saturated carbocycles. The minimum absolute atomic E-state index is 0.769. The lowest BCUT2D eigenvalue weighted by Crippen LogP contribution is -2.00. The predicted octanol–water partition coefficient (Wildman–Crippen LogP) is 1.43.